The van der Waals surface area contributed by atoms with Crippen LogP contribution in [0.15, 0.2) is 42.5 Å². The Bertz CT molecular complexity index is 739. The molecule has 2 amide bonds. The number of carbonyl (C=O) groups is 2. The second-order valence-electron chi connectivity index (χ2n) is 5.84. The maximum absolute atomic E-state index is 12.1. The summed E-state index contributed by atoms with van der Waals surface area (Å²) in [5.74, 6) is -0.963. The number of carbonyl (C=O) groups excluding carboxylic acids is 1. The maximum atomic E-state index is 12.1. The van der Waals surface area contributed by atoms with E-state index in [2.05, 4.69) is 10.6 Å². The minimum Gasteiger partial charge on any atom is -0.478 e. The standard InChI is InChI=1S/C19H22N2O3/c1-12-5-4-6-17(13(12)2)14(3)21-19(24)20-11-15-7-9-16(10-8-15)18(22)23/h4-10,14H,11H2,1-3H3,(H,22,23)(H2,20,21,24). The number of urea groups is 1. The van der Waals surface area contributed by atoms with E-state index in [0.717, 1.165) is 11.1 Å². The number of aryl methyl sites for hydroxylation is 1. The van der Waals surface area contributed by atoms with E-state index in [0.29, 0.717) is 6.54 Å². The van der Waals surface area contributed by atoms with Crippen molar-refractivity contribution in [3.63, 3.8) is 0 Å². The highest BCUT2D eigenvalue weighted by molar-refractivity contribution is 5.87. The van der Waals surface area contributed by atoms with Crippen LogP contribution in [0.25, 0.3) is 0 Å². The molecule has 0 aliphatic carbocycles. The van der Waals surface area contributed by atoms with Gasteiger partial charge < -0.3 is 15.7 Å². The van der Waals surface area contributed by atoms with Gasteiger partial charge in [0.05, 0.1) is 11.6 Å². The first-order chi connectivity index (χ1) is 11.4. The Balaban J connectivity index is 1.91. The monoisotopic (exact) mass is 326 g/mol. The van der Waals surface area contributed by atoms with Crippen molar-refractivity contribution >= 4 is 12.0 Å². The number of carboxylic acids is 1. The van der Waals surface area contributed by atoms with E-state index in [-0.39, 0.29) is 17.6 Å². The summed E-state index contributed by atoms with van der Waals surface area (Å²) in [5, 5.41) is 14.6. The van der Waals surface area contributed by atoms with Crippen LogP contribution < -0.4 is 10.6 Å². The van der Waals surface area contributed by atoms with Crippen LogP contribution in [-0.4, -0.2) is 17.1 Å². The first-order valence-corrected chi connectivity index (χ1v) is 7.81. The van der Waals surface area contributed by atoms with E-state index in [1.165, 1.54) is 23.3 Å². The lowest BCUT2D eigenvalue weighted by molar-refractivity contribution is 0.0697. The molecule has 3 N–H and O–H groups in total. The van der Waals surface area contributed by atoms with Gasteiger partial charge in [0, 0.05) is 6.54 Å². The summed E-state index contributed by atoms with van der Waals surface area (Å²) in [6, 6.07) is 12.1. The van der Waals surface area contributed by atoms with Crippen LogP contribution in [0.5, 0.6) is 0 Å². The summed E-state index contributed by atoms with van der Waals surface area (Å²) in [6.45, 7) is 6.38. The van der Waals surface area contributed by atoms with Crippen molar-refractivity contribution in [2.45, 2.75) is 33.4 Å². The fourth-order valence-electron chi connectivity index (χ4n) is 2.52. The molecular weight excluding hydrogens is 304 g/mol. The third-order valence-corrected chi connectivity index (χ3v) is 4.11. The van der Waals surface area contributed by atoms with Gasteiger partial charge in [0.1, 0.15) is 0 Å². The molecule has 2 aromatic carbocycles. The Morgan fingerprint density at radius 2 is 1.75 bits per heavy atom. The second-order valence-corrected chi connectivity index (χ2v) is 5.84. The number of aromatic carboxylic acids is 1. The molecular formula is C19H22N2O3. The molecule has 0 spiro atoms. The van der Waals surface area contributed by atoms with Gasteiger partial charge in [-0.25, -0.2) is 9.59 Å². The lowest BCUT2D eigenvalue weighted by atomic mass is 9.98. The summed E-state index contributed by atoms with van der Waals surface area (Å²) in [7, 11) is 0. The zero-order chi connectivity index (χ0) is 17.7. The Labute approximate surface area is 141 Å². The highest BCUT2D eigenvalue weighted by atomic mass is 16.4. The van der Waals surface area contributed by atoms with E-state index in [9.17, 15) is 9.59 Å². The Morgan fingerprint density at radius 1 is 1.08 bits per heavy atom. The third-order valence-electron chi connectivity index (χ3n) is 4.11. The van der Waals surface area contributed by atoms with Gasteiger partial charge in [0.15, 0.2) is 0 Å². The van der Waals surface area contributed by atoms with Gasteiger partial charge in [0.2, 0.25) is 0 Å². The molecule has 2 aromatic rings. The molecule has 0 saturated carbocycles. The van der Waals surface area contributed by atoms with Gasteiger partial charge in [-0.05, 0) is 55.2 Å². The molecule has 0 fully saturated rings. The molecule has 0 heterocycles. The predicted octanol–water partition coefficient (Wildman–Crippen LogP) is 3.56. The summed E-state index contributed by atoms with van der Waals surface area (Å²) in [4.78, 5) is 22.9. The largest absolute Gasteiger partial charge is 0.478 e. The zero-order valence-corrected chi connectivity index (χ0v) is 14.1. The molecule has 2 rings (SSSR count). The van der Waals surface area contributed by atoms with E-state index in [1.54, 1.807) is 12.1 Å². The predicted molar refractivity (Wildman–Crippen MR) is 93.1 cm³/mol. The minimum atomic E-state index is -0.963. The second kappa shape index (κ2) is 7.64. The molecule has 0 bridgehead atoms. The lowest BCUT2D eigenvalue weighted by Gasteiger charge is -2.18. The summed E-state index contributed by atoms with van der Waals surface area (Å²) in [5.41, 5.74) is 4.53. The lowest BCUT2D eigenvalue weighted by Crippen LogP contribution is -2.36. The highest BCUT2D eigenvalue weighted by Gasteiger charge is 2.12. The SMILES string of the molecule is Cc1cccc(C(C)NC(=O)NCc2ccc(C(=O)O)cc2)c1C. The number of rotatable bonds is 5. The number of hydrogen-bond acceptors (Lipinski definition) is 2. The van der Waals surface area contributed by atoms with Crippen molar-refractivity contribution in [2.24, 2.45) is 0 Å². The molecule has 126 valence electrons. The average molecular weight is 326 g/mol. The van der Waals surface area contributed by atoms with Crippen LogP contribution in [0.4, 0.5) is 4.79 Å². The molecule has 5 nitrogen and oxygen atoms in total. The first kappa shape index (κ1) is 17.5. The summed E-state index contributed by atoms with van der Waals surface area (Å²) >= 11 is 0. The number of benzene rings is 2. The van der Waals surface area contributed by atoms with Gasteiger partial charge in [-0.2, -0.15) is 0 Å². The van der Waals surface area contributed by atoms with Crippen LogP contribution in [0.1, 0.15) is 45.6 Å². The number of nitrogens with one attached hydrogen (secondary N) is 2. The van der Waals surface area contributed by atoms with Gasteiger partial charge >= 0.3 is 12.0 Å². The average Bonchev–Trinajstić information content (AvgIpc) is 2.55. The molecule has 0 aliphatic heterocycles. The molecule has 5 heteroatoms. The molecule has 0 saturated heterocycles. The zero-order valence-electron chi connectivity index (χ0n) is 14.1. The van der Waals surface area contributed by atoms with Crippen molar-refractivity contribution in [1.82, 2.24) is 10.6 Å². The highest BCUT2D eigenvalue weighted by Crippen LogP contribution is 2.19. The minimum absolute atomic E-state index is 0.0979. The molecule has 0 radical (unpaired) electrons. The van der Waals surface area contributed by atoms with E-state index in [4.69, 9.17) is 5.11 Å². The Kier molecular flexibility index (Phi) is 5.58. The van der Waals surface area contributed by atoms with Crippen molar-refractivity contribution in [3.05, 3.63) is 70.3 Å². The molecule has 1 atom stereocenters. The van der Waals surface area contributed by atoms with Crippen molar-refractivity contribution in [1.29, 1.82) is 0 Å². The van der Waals surface area contributed by atoms with Crippen molar-refractivity contribution in [3.8, 4) is 0 Å². The van der Waals surface area contributed by atoms with Gasteiger partial charge in [-0.15, -0.1) is 0 Å². The number of carboxylic acid groups (broad SMARTS) is 1. The van der Waals surface area contributed by atoms with Crippen molar-refractivity contribution < 1.29 is 14.7 Å². The normalized spacial score (nSPS) is 11.6. The van der Waals surface area contributed by atoms with Crippen LogP contribution >= 0.6 is 0 Å². The van der Waals surface area contributed by atoms with Crippen molar-refractivity contribution in [2.75, 3.05) is 0 Å². The summed E-state index contributed by atoms with van der Waals surface area (Å²) < 4.78 is 0. The third kappa shape index (κ3) is 4.35. The van der Waals surface area contributed by atoms with Gasteiger partial charge in [0.25, 0.3) is 0 Å². The Morgan fingerprint density at radius 3 is 2.38 bits per heavy atom. The van der Waals surface area contributed by atoms with Gasteiger partial charge in [-0.1, -0.05) is 30.3 Å². The molecule has 1 unspecified atom stereocenters. The van der Waals surface area contributed by atoms with E-state index < -0.39 is 5.97 Å². The smallest absolute Gasteiger partial charge is 0.335 e. The quantitative estimate of drug-likeness (QED) is 0.786. The van der Waals surface area contributed by atoms with E-state index >= 15 is 0 Å². The number of hydrogen-bond donors (Lipinski definition) is 3. The van der Waals surface area contributed by atoms with Crippen LogP contribution in [0.2, 0.25) is 0 Å². The van der Waals surface area contributed by atoms with Gasteiger partial charge in [-0.3, -0.25) is 0 Å². The molecule has 0 aliphatic rings. The number of amides is 2. The molecule has 0 aromatic heterocycles. The summed E-state index contributed by atoms with van der Waals surface area (Å²) in [6.07, 6.45) is 0. The maximum Gasteiger partial charge on any atom is 0.335 e. The van der Waals surface area contributed by atoms with Crippen LogP contribution in [0, 0.1) is 13.8 Å². The first-order valence-electron chi connectivity index (χ1n) is 7.81. The fraction of sp³-hybridized carbons (Fsp3) is 0.263. The van der Waals surface area contributed by atoms with E-state index in [1.807, 2.05) is 39.0 Å². The van der Waals surface area contributed by atoms with Crippen LogP contribution in [0.3, 0.4) is 0 Å². The Hall–Kier alpha value is -2.82. The topological polar surface area (TPSA) is 78.4 Å². The van der Waals surface area contributed by atoms with Crippen LogP contribution in [-0.2, 0) is 6.54 Å². The molecule has 24 heavy (non-hydrogen) atoms. The fourth-order valence-corrected chi connectivity index (χ4v) is 2.52.